The summed E-state index contributed by atoms with van der Waals surface area (Å²) >= 11 is 0. The number of ether oxygens (including phenoxy) is 1. The van der Waals surface area contributed by atoms with E-state index in [1.165, 1.54) is 0 Å². The molecule has 0 aliphatic heterocycles. The average molecular weight is 196 g/mol. The zero-order valence-corrected chi connectivity index (χ0v) is 9.07. The first-order valence-corrected chi connectivity index (χ1v) is 4.77. The average Bonchev–Trinajstić information content (AvgIpc) is 2.48. The second kappa shape index (κ2) is 4.26. The number of esters is 1. The van der Waals surface area contributed by atoms with E-state index >= 15 is 0 Å². The maximum Gasteiger partial charge on any atom is 0.358 e. The lowest BCUT2D eigenvalue weighted by atomic mass is 10.1. The zero-order valence-electron chi connectivity index (χ0n) is 9.07. The fraction of sp³-hybridized carbons (Fsp3) is 0.600. The number of carbonyl (C=O) groups excluding carboxylic acids is 1. The van der Waals surface area contributed by atoms with Gasteiger partial charge in [0.1, 0.15) is 0 Å². The molecule has 0 spiro atoms. The molecule has 0 aliphatic rings. The number of carbonyl (C=O) groups is 1. The molecule has 0 fully saturated rings. The van der Waals surface area contributed by atoms with Crippen molar-refractivity contribution < 1.29 is 9.53 Å². The molecule has 0 aliphatic carbocycles. The van der Waals surface area contributed by atoms with Gasteiger partial charge in [0.2, 0.25) is 0 Å². The van der Waals surface area contributed by atoms with E-state index in [1.807, 2.05) is 7.05 Å². The highest BCUT2D eigenvalue weighted by molar-refractivity contribution is 5.87. The first-order valence-electron chi connectivity index (χ1n) is 4.77. The normalized spacial score (nSPS) is 10.6. The van der Waals surface area contributed by atoms with Gasteiger partial charge in [0.25, 0.3) is 0 Å². The topological polar surface area (TPSA) is 44.1 Å². The predicted molar refractivity (Wildman–Crippen MR) is 53.3 cm³/mol. The van der Waals surface area contributed by atoms with Crippen LogP contribution in [0.4, 0.5) is 0 Å². The molecule has 0 saturated carbocycles. The van der Waals surface area contributed by atoms with Gasteiger partial charge >= 0.3 is 5.97 Å². The van der Waals surface area contributed by atoms with Crippen molar-refractivity contribution in [3.63, 3.8) is 0 Å². The van der Waals surface area contributed by atoms with Gasteiger partial charge in [0.05, 0.1) is 6.61 Å². The summed E-state index contributed by atoms with van der Waals surface area (Å²) in [5.74, 6) is 0.00526. The Labute approximate surface area is 83.9 Å². The van der Waals surface area contributed by atoms with Gasteiger partial charge in [-0.1, -0.05) is 13.8 Å². The minimum absolute atomic E-state index is 0.352. The molecule has 1 rings (SSSR count). The fourth-order valence-corrected chi connectivity index (χ4v) is 1.33. The van der Waals surface area contributed by atoms with Crippen LogP contribution in [0, 0.1) is 0 Å². The molecule has 1 heterocycles. The summed E-state index contributed by atoms with van der Waals surface area (Å²) in [5.41, 5.74) is 1.42. The van der Waals surface area contributed by atoms with Gasteiger partial charge in [-0.2, -0.15) is 5.10 Å². The fourth-order valence-electron chi connectivity index (χ4n) is 1.33. The van der Waals surface area contributed by atoms with Crippen molar-refractivity contribution in [1.82, 2.24) is 9.78 Å². The van der Waals surface area contributed by atoms with Gasteiger partial charge in [-0.05, 0) is 18.9 Å². The number of hydrogen-bond acceptors (Lipinski definition) is 3. The lowest BCUT2D eigenvalue weighted by molar-refractivity contribution is 0.0518. The van der Waals surface area contributed by atoms with E-state index < -0.39 is 0 Å². The summed E-state index contributed by atoms with van der Waals surface area (Å²) < 4.78 is 6.58. The van der Waals surface area contributed by atoms with Crippen molar-refractivity contribution in [2.45, 2.75) is 26.7 Å². The molecule has 0 saturated heterocycles. The van der Waals surface area contributed by atoms with E-state index in [0.717, 1.165) is 5.69 Å². The standard InChI is InChI=1S/C10H16N2O2/c1-5-14-10(13)8-6-9(7(2)3)12(4)11-8/h6-7H,5H2,1-4H3. The Balaban J connectivity index is 2.90. The second-order valence-electron chi connectivity index (χ2n) is 3.45. The molecule has 78 valence electrons. The summed E-state index contributed by atoms with van der Waals surface area (Å²) in [7, 11) is 1.83. The Kier molecular flexibility index (Phi) is 3.28. The Bertz CT molecular complexity index is 329. The number of nitrogens with zero attached hydrogens (tertiary/aromatic N) is 2. The van der Waals surface area contributed by atoms with E-state index in [2.05, 4.69) is 18.9 Å². The Morgan fingerprint density at radius 3 is 2.71 bits per heavy atom. The number of aromatic nitrogens is 2. The summed E-state index contributed by atoms with van der Waals surface area (Å²) in [6.45, 7) is 6.29. The Morgan fingerprint density at radius 2 is 2.29 bits per heavy atom. The Hall–Kier alpha value is -1.32. The van der Waals surface area contributed by atoms with E-state index in [9.17, 15) is 4.79 Å². The summed E-state index contributed by atoms with van der Waals surface area (Å²) in [6, 6.07) is 1.78. The molecule has 4 nitrogen and oxygen atoms in total. The van der Waals surface area contributed by atoms with Crippen LogP contribution in [0.3, 0.4) is 0 Å². The minimum Gasteiger partial charge on any atom is -0.461 e. The number of rotatable bonds is 3. The quantitative estimate of drug-likeness (QED) is 0.691. The minimum atomic E-state index is -0.352. The molecule has 0 aromatic carbocycles. The third kappa shape index (κ3) is 2.13. The smallest absolute Gasteiger partial charge is 0.358 e. The van der Waals surface area contributed by atoms with E-state index in [1.54, 1.807) is 17.7 Å². The summed E-state index contributed by atoms with van der Waals surface area (Å²) in [5, 5.41) is 4.09. The molecule has 1 aromatic rings. The third-order valence-electron chi connectivity index (χ3n) is 1.99. The lowest BCUT2D eigenvalue weighted by Gasteiger charge is -2.02. The predicted octanol–water partition coefficient (Wildman–Crippen LogP) is 1.72. The molecule has 0 unspecified atom stereocenters. The highest BCUT2D eigenvalue weighted by atomic mass is 16.5. The van der Waals surface area contributed by atoms with Gasteiger partial charge in [-0.25, -0.2) is 4.79 Å². The van der Waals surface area contributed by atoms with Crippen LogP contribution in [-0.4, -0.2) is 22.4 Å². The molecule has 14 heavy (non-hydrogen) atoms. The second-order valence-corrected chi connectivity index (χ2v) is 3.45. The van der Waals surface area contributed by atoms with Crippen molar-refractivity contribution in [3.8, 4) is 0 Å². The molecule has 0 radical (unpaired) electrons. The maximum atomic E-state index is 11.3. The third-order valence-corrected chi connectivity index (χ3v) is 1.99. The molecule has 0 atom stereocenters. The lowest BCUT2D eigenvalue weighted by Crippen LogP contribution is -2.06. The van der Waals surface area contributed by atoms with Gasteiger partial charge in [-0.3, -0.25) is 4.68 Å². The van der Waals surface area contributed by atoms with Crippen molar-refractivity contribution in [2.75, 3.05) is 6.61 Å². The van der Waals surface area contributed by atoms with E-state index in [-0.39, 0.29) is 5.97 Å². The molecule has 1 aromatic heterocycles. The van der Waals surface area contributed by atoms with Crippen molar-refractivity contribution >= 4 is 5.97 Å². The highest BCUT2D eigenvalue weighted by Crippen LogP contribution is 2.14. The summed E-state index contributed by atoms with van der Waals surface area (Å²) in [6.07, 6.45) is 0. The monoisotopic (exact) mass is 196 g/mol. The summed E-state index contributed by atoms with van der Waals surface area (Å²) in [4.78, 5) is 11.3. The molecule has 0 bridgehead atoms. The number of aryl methyl sites for hydroxylation is 1. The van der Waals surface area contributed by atoms with Gasteiger partial charge in [0, 0.05) is 12.7 Å². The maximum absolute atomic E-state index is 11.3. The highest BCUT2D eigenvalue weighted by Gasteiger charge is 2.14. The van der Waals surface area contributed by atoms with Crippen LogP contribution >= 0.6 is 0 Å². The van der Waals surface area contributed by atoms with E-state index in [0.29, 0.717) is 18.2 Å². The first kappa shape index (κ1) is 10.8. The molecular weight excluding hydrogens is 180 g/mol. The largest absolute Gasteiger partial charge is 0.461 e. The number of hydrogen-bond donors (Lipinski definition) is 0. The SMILES string of the molecule is CCOC(=O)c1cc(C(C)C)n(C)n1. The zero-order chi connectivity index (χ0) is 10.7. The van der Waals surface area contributed by atoms with Gasteiger partial charge in [0.15, 0.2) is 5.69 Å². The van der Waals surface area contributed by atoms with Crippen LogP contribution in [0.1, 0.15) is 42.9 Å². The van der Waals surface area contributed by atoms with Crippen molar-refractivity contribution in [1.29, 1.82) is 0 Å². The van der Waals surface area contributed by atoms with Crippen LogP contribution in [-0.2, 0) is 11.8 Å². The molecule has 0 amide bonds. The Morgan fingerprint density at radius 1 is 1.64 bits per heavy atom. The first-order chi connectivity index (χ1) is 6.56. The van der Waals surface area contributed by atoms with Gasteiger partial charge < -0.3 is 4.74 Å². The van der Waals surface area contributed by atoms with Crippen LogP contribution in [0.2, 0.25) is 0 Å². The van der Waals surface area contributed by atoms with Crippen LogP contribution in [0.5, 0.6) is 0 Å². The van der Waals surface area contributed by atoms with Crippen LogP contribution in [0.15, 0.2) is 6.07 Å². The van der Waals surface area contributed by atoms with E-state index in [4.69, 9.17) is 4.74 Å². The molecule has 0 N–H and O–H groups in total. The molecule has 4 heteroatoms. The van der Waals surface area contributed by atoms with Crippen LogP contribution < -0.4 is 0 Å². The van der Waals surface area contributed by atoms with Crippen molar-refractivity contribution in [2.24, 2.45) is 7.05 Å². The van der Waals surface area contributed by atoms with Crippen LogP contribution in [0.25, 0.3) is 0 Å². The van der Waals surface area contributed by atoms with Crippen molar-refractivity contribution in [3.05, 3.63) is 17.5 Å². The van der Waals surface area contributed by atoms with Gasteiger partial charge in [-0.15, -0.1) is 0 Å². The molecular formula is C10H16N2O2.